The van der Waals surface area contributed by atoms with Crippen LogP contribution in [-0.2, 0) is 9.59 Å². The van der Waals surface area contributed by atoms with Crippen LogP contribution in [0.25, 0.3) is 11.4 Å². The highest BCUT2D eigenvalue weighted by atomic mass is 16.3. The van der Waals surface area contributed by atoms with Crippen molar-refractivity contribution in [3.63, 3.8) is 0 Å². The molecule has 1 atom stereocenters. The van der Waals surface area contributed by atoms with Gasteiger partial charge in [0.05, 0.1) is 11.3 Å². The molecule has 1 aliphatic rings. The van der Waals surface area contributed by atoms with Crippen molar-refractivity contribution < 1.29 is 19.1 Å². The number of carbonyl (C=O) groups is 2. The molecule has 4 rings (SSSR count). The maximum atomic E-state index is 13.2. The first-order valence-electron chi connectivity index (χ1n) is 10.6. The van der Waals surface area contributed by atoms with E-state index in [0.29, 0.717) is 41.5 Å². The van der Waals surface area contributed by atoms with E-state index in [4.69, 9.17) is 4.42 Å². The van der Waals surface area contributed by atoms with Gasteiger partial charge in [-0.1, -0.05) is 6.07 Å². The Kier molecular flexibility index (Phi) is 5.64. The topological polar surface area (TPSA) is 91.3 Å². The molecule has 0 aliphatic carbocycles. The molecule has 0 radical (unpaired) electrons. The van der Waals surface area contributed by atoms with E-state index < -0.39 is 17.7 Å². The van der Waals surface area contributed by atoms with Gasteiger partial charge < -0.3 is 19.3 Å². The molecule has 3 aromatic rings. The van der Waals surface area contributed by atoms with E-state index in [1.54, 1.807) is 36.6 Å². The largest absolute Gasteiger partial charge is 0.505 e. The lowest BCUT2D eigenvalue weighted by atomic mass is 10.0. The number of hydrogen-bond acceptors (Lipinski definition) is 6. The monoisotopic (exact) mass is 436 g/mol. The number of imidazole rings is 1. The second-order valence-corrected chi connectivity index (χ2v) is 8.53. The van der Waals surface area contributed by atoms with Crippen LogP contribution in [0, 0.1) is 20.8 Å². The molecule has 0 bridgehead atoms. The zero-order valence-corrected chi connectivity index (χ0v) is 19.0. The number of hydrogen-bond donors (Lipinski definition) is 1. The van der Waals surface area contributed by atoms with Gasteiger partial charge >= 0.3 is 0 Å². The van der Waals surface area contributed by atoms with Gasteiger partial charge in [-0.3, -0.25) is 14.0 Å². The smallest absolute Gasteiger partial charge is 0.295 e. The van der Waals surface area contributed by atoms with Gasteiger partial charge in [0, 0.05) is 12.7 Å². The number of nitrogens with zero attached hydrogens (tertiary/aromatic N) is 4. The van der Waals surface area contributed by atoms with E-state index in [0.717, 1.165) is 12.1 Å². The van der Waals surface area contributed by atoms with Crippen molar-refractivity contribution in [3.05, 3.63) is 64.5 Å². The number of aliphatic hydroxyl groups excluding tert-OH is 1. The van der Waals surface area contributed by atoms with Crippen molar-refractivity contribution in [2.24, 2.45) is 0 Å². The van der Waals surface area contributed by atoms with Crippen molar-refractivity contribution in [1.82, 2.24) is 19.2 Å². The van der Waals surface area contributed by atoms with E-state index >= 15 is 0 Å². The summed E-state index contributed by atoms with van der Waals surface area (Å²) in [6.07, 6.45) is 2.47. The van der Waals surface area contributed by atoms with Gasteiger partial charge in [-0.2, -0.15) is 0 Å². The van der Waals surface area contributed by atoms with Gasteiger partial charge in [-0.15, -0.1) is 0 Å². The lowest BCUT2D eigenvalue weighted by Crippen LogP contribution is -2.32. The zero-order chi connectivity index (χ0) is 23.2. The number of amides is 1. The first kappa shape index (κ1) is 21.8. The summed E-state index contributed by atoms with van der Waals surface area (Å²) in [4.78, 5) is 34.3. The first-order chi connectivity index (χ1) is 15.2. The number of pyridine rings is 1. The molecule has 1 fully saturated rings. The Hall–Kier alpha value is -3.39. The number of likely N-dealkylation sites (tertiary alicyclic amines) is 1. The van der Waals surface area contributed by atoms with Crippen LogP contribution in [0.15, 0.2) is 40.5 Å². The van der Waals surface area contributed by atoms with Crippen LogP contribution in [0.2, 0.25) is 0 Å². The normalized spacial score (nSPS) is 18.4. The third-order valence-corrected chi connectivity index (χ3v) is 5.82. The summed E-state index contributed by atoms with van der Waals surface area (Å²) in [6, 6.07) is 6.54. The fourth-order valence-corrected chi connectivity index (χ4v) is 4.29. The Morgan fingerprint density at radius 2 is 1.94 bits per heavy atom. The molecule has 1 saturated heterocycles. The third kappa shape index (κ3) is 3.60. The molecule has 0 aromatic carbocycles. The number of aliphatic hydroxyl groups is 1. The lowest BCUT2D eigenvalue weighted by Gasteiger charge is -2.24. The summed E-state index contributed by atoms with van der Waals surface area (Å²) in [5, 5.41) is 11.4. The van der Waals surface area contributed by atoms with Crippen LogP contribution in [-0.4, -0.2) is 63.2 Å². The van der Waals surface area contributed by atoms with Gasteiger partial charge in [0.15, 0.2) is 5.76 Å². The van der Waals surface area contributed by atoms with E-state index in [1.807, 2.05) is 38.1 Å². The Balaban J connectivity index is 1.88. The van der Waals surface area contributed by atoms with Crippen molar-refractivity contribution in [2.75, 3.05) is 27.2 Å². The molecule has 8 heteroatoms. The Morgan fingerprint density at radius 1 is 1.19 bits per heavy atom. The molecule has 1 amide bonds. The third-order valence-electron chi connectivity index (χ3n) is 5.82. The van der Waals surface area contributed by atoms with Crippen molar-refractivity contribution in [3.8, 4) is 0 Å². The Morgan fingerprint density at radius 3 is 2.59 bits per heavy atom. The van der Waals surface area contributed by atoms with Gasteiger partial charge in [0.25, 0.3) is 11.7 Å². The summed E-state index contributed by atoms with van der Waals surface area (Å²) in [6.45, 7) is 6.65. The van der Waals surface area contributed by atoms with Gasteiger partial charge in [-0.25, -0.2) is 4.98 Å². The standard InChI is InChI=1S/C24H28N4O4/c1-14-8-6-12-27-19(16(3)25-23(14)27)21(29)18-20(17-10-9-15(2)32-17)28(24(31)22(18)30)13-7-11-26(4)5/h6,8-10,12,20,29H,7,11,13H2,1-5H3/t20-/m0/s1. The average molecular weight is 437 g/mol. The molecule has 1 N–H and O–H groups in total. The van der Waals surface area contributed by atoms with Crippen molar-refractivity contribution in [1.29, 1.82) is 0 Å². The number of Topliss-reactive ketones (excluding diaryl/α,β-unsaturated/α-hetero) is 1. The van der Waals surface area contributed by atoms with Crippen LogP contribution in [0.3, 0.4) is 0 Å². The predicted molar refractivity (Wildman–Crippen MR) is 120 cm³/mol. The van der Waals surface area contributed by atoms with E-state index in [-0.39, 0.29) is 11.3 Å². The van der Waals surface area contributed by atoms with Crippen LogP contribution in [0.4, 0.5) is 0 Å². The maximum Gasteiger partial charge on any atom is 0.295 e. The minimum Gasteiger partial charge on any atom is -0.505 e. The molecular formula is C24H28N4O4. The number of fused-ring (bicyclic) bond motifs is 1. The molecule has 0 unspecified atom stereocenters. The molecule has 1 aliphatic heterocycles. The molecule has 3 aromatic heterocycles. The number of aryl methyl sites for hydroxylation is 3. The average Bonchev–Trinajstić information content (AvgIpc) is 3.37. The maximum absolute atomic E-state index is 13.2. The Bertz CT molecular complexity index is 1230. The lowest BCUT2D eigenvalue weighted by molar-refractivity contribution is -0.140. The SMILES string of the molecule is Cc1ccc([C@H]2C(=C(O)c3c(C)nc4c(C)cccn34)C(=O)C(=O)N2CCCN(C)C)o1. The second kappa shape index (κ2) is 8.27. The van der Waals surface area contributed by atoms with Crippen LogP contribution in [0.5, 0.6) is 0 Å². The summed E-state index contributed by atoms with van der Waals surface area (Å²) < 4.78 is 7.59. The summed E-state index contributed by atoms with van der Waals surface area (Å²) in [5.74, 6) is -0.468. The summed E-state index contributed by atoms with van der Waals surface area (Å²) in [7, 11) is 3.91. The van der Waals surface area contributed by atoms with Crippen LogP contribution >= 0.6 is 0 Å². The Labute approximate surface area is 186 Å². The van der Waals surface area contributed by atoms with Crippen molar-refractivity contribution >= 4 is 23.1 Å². The predicted octanol–water partition coefficient (Wildman–Crippen LogP) is 3.23. The fourth-order valence-electron chi connectivity index (χ4n) is 4.29. The molecule has 8 nitrogen and oxygen atoms in total. The van der Waals surface area contributed by atoms with Crippen LogP contribution < -0.4 is 0 Å². The van der Waals surface area contributed by atoms with Gasteiger partial charge in [0.1, 0.15) is 28.9 Å². The second-order valence-electron chi connectivity index (χ2n) is 8.53. The zero-order valence-electron chi connectivity index (χ0n) is 19.0. The van der Waals surface area contributed by atoms with Gasteiger partial charge in [-0.05, 0) is 71.6 Å². The molecular weight excluding hydrogens is 408 g/mol. The minimum absolute atomic E-state index is 0.0283. The molecule has 4 heterocycles. The molecule has 168 valence electrons. The van der Waals surface area contributed by atoms with Crippen molar-refractivity contribution in [2.45, 2.75) is 33.2 Å². The summed E-state index contributed by atoms with van der Waals surface area (Å²) >= 11 is 0. The van der Waals surface area contributed by atoms with E-state index in [1.165, 1.54) is 4.90 Å². The highest BCUT2D eigenvalue weighted by molar-refractivity contribution is 6.46. The molecule has 0 saturated carbocycles. The highest BCUT2D eigenvalue weighted by Crippen LogP contribution is 2.40. The van der Waals surface area contributed by atoms with Gasteiger partial charge in [0.2, 0.25) is 0 Å². The van der Waals surface area contributed by atoms with E-state index in [9.17, 15) is 14.7 Å². The minimum atomic E-state index is -0.791. The summed E-state index contributed by atoms with van der Waals surface area (Å²) in [5.41, 5.74) is 2.64. The number of aromatic nitrogens is 2. The number of furan rings is 1. The van der Waals surface area contributed by atoms with Crippen LogP contribution in [0.1, 0.15) is 40.9 Å². The van der Waals surface area contributed by atoms with E-state index in [2.05, 4.69) is 4.98 Å². The quantitative estimate of drug-likeness (QED) is 0.362. The highest BCUT2D eigenvalue weighted by Gasteiger charge is 2.47. The number of carbonyl (C=O) groups excluding carboxylic acids is 2. The molecule has 0 spiro atoms. The number of rotatable bonds is 6. The first-order valence-corrected chi connectivity index (χ1v) is 10.6. The number of ketones is 1. The fraction of sp³-hybridized carbons (Fsp3) is 0.375. The molecule has 32 heavy (non-hydrogen) atoms.